The minimum Gasteiger partial charge on any atom is -0.456 e. The molecule has 0 N–H and O–H groups in total. The fraction of sp³-hybridized carbons (Fsp3) is 0.722. The molecule has 0 bridgehead atoms. The summed E-state index contributed by atoms with van der Waals surface area (Å²) in [5.41, 5.74) is 0. The third-order valence-corrected chi connectivity index (χ3v) is 8.17. The predicted octanol–water partition coefficient (Wildman–Crippen LogP) is 4.14. The zero-order valence-electron chi connectivity index (χ0n) is 15.1. The molecule has 0 aliphatic carbocycles. The van der Waals surface area contributed by atoms with E-state index in [1.54, 1.807) is 6.92 Å². The van der Waals surface area contributed by atoms with Gasteiger partial charge in [0.15, 0.2) is 8.32 Å². The van der Waals surface area contributed by atoms with Crippen LogP contribution in [-0.2, 0) is 14.0 Å². The lowest BCUT2D eigenvalue weighted by atomic mass is 10.2. The van der Waals surface area contributed by atoms with Crippen molar-refractivity contribution in [3.8, 4) is 23.7 Å². The molecule has 3 nitrogen and oxygen atoms in total. The molecule has 0 amide bonds. The van der Waals surface area contributed by atoms with Crippen LogP contribution in [0.2, 0.25) is 18.1 Å². The van der Waals surface area contributed by atoms with Crippen molar-refractivity contribution < 1.29 is 14.0 Å². The second-order valence-electron chi connectivity index (χ2n) is 6.60. The monoisotopic (exact) mass is 322 g/mol. The maximum absolute atomic E-state index is 11.4. The Morgan fingerprint density at radius 2 is 1.82 bits per heavy atom. The standard InChI is InChI=1S/C18H30O3Si/c1-8-10-11-12-13-16(14-15-17(19)20-9-2)21-22(6,7)18(3,4)5/h16H,8-9,12-13H2,1-7H3. The summed E-state index contributed by atoms with van der Waals surface area (Å²) in [6.07, 6.45) is 2.02. The summed E-state index contributed by atoms with van der Waals surface area (Å²) in [4.78, 5) is 11.4. The molecule has 1 atom stereocenters. The van der Waals surface area contributed by atoms with Crippen LogP contribution in [0.25, 0.3) is 0 Å². The van der Waals surface area contributed by atoms with Gasteiger partial charge in [0, 0.05) is 18.8 Å². The number of esters is 1. The predicted molar refractivity (Wildman–Crippen MR) is 93.8 cm³/mol. The molecule has 0 saturated heterocycles. The molecule has 0 aliphatic rings. The van der Waals surface area contributed by atoms with Crippen LogP contribution < -0.4 is 0 Å². The molecule has 0 aliphatic heterocycles. The number of hydrogen-bond donors (Lipinski definition) is 0. The average Bonchev–Trinajstić information content (AvgIpc) is 2.39. The lowest BCUT2D eigenvalue weighted by Crippen LogP contribution is -2.43. The summed E-state index contributed by atoms with van der Waals surface area (Å²) in [6.45, 7) is 15.1. The highest BCUT2D eigenvalue weighted by atomic mass is 28.4. The summed E-state index contributed by atoms with van der Waals surface area (Å²) in [6, 6.07) is 0. The first-order valence-electron chi connectivity index (χ1n) is 7.95. The molecule has 0 rings (SSSR count). The van der Waals surface area contributed by atoms with Gasteiger partial charge in [0.25, 0.3) is 0 Å². The van der Waals surface area contributed by atoms with Crippen LogP contribution in [-0.4, -0.2) is 27.0 Å². The fourth-order valence-electron chi connectivity index (χ4n) is 1.42. The molecule has 0 fully saturated rings. The van der Waals surface area contributed by atoms with Crippen molar-refractivity contribution >= 4 is 14.3 Å². The van der Waals surface area contributed by atoms with Crippen LogP contribution in [0.5, 0.6) is 0 Å². The molecule has 22 heavy (non-hydrogen) atoms. The molecule has 0 aromatic heterocycles. The van der Waals surface area contributed by atoms with Crippen molar-refractivity contribution in [3.63, 3.8) is 0 Å². The van der Waals surface area contributed by atoms with E-state index in [9.17, 15) is 4.79 Å². The molecule has 0 aromatic carbocycles. The van der Waals surface area contributed by atoms with Gasteiger partial charge in [-0.2, -0.15) is 0 Å². The molecule has 0 saturated carbocycles. The van der Waals surface area contributed by atoms with Gasteiger partial charge in [0.2, 0.25) is 0 Å². The summed E-state index contributed by atoms with van der Waals surface area (Å²) in [7, 11) is -1.93. The first-order chi connectivity index (χ1) is 10.1. The third-order valence-electron chi connectivity index (χ3n) is 3.69. The van der Waals surface area contributed by atoms with Crippen LogP contribution in [0.15, 0.2) is 0 Å². The quantitative estimate of drug-likeness (QED) is 0.330. The van der Waals surface area contributed by atoms with Crippen LogP contribution in [0.3, 0.4) is 0 Å². The van der Waals surface area contributed by atoms with Gasteiger partial charge in [-0.3, -0.25) is 0 Å². The number of ether oxygens (including phenoxy) is 1. The number of rotatable bonds is 5. The number of carbonyl (C=O) groups is 1. The van der Waals surface area contributed by atoms with Gasteiger partial charge < -0.3 is 9.16 Å². The van der Waals surface area contributed by atoms with Gasteiger partial charge in [-0.15, -0.1) is 11.8 Å². The van der Waals surface area contributed by atoms with Crippen LogP contribution in [0.1, 0.15) is 53.9 Å². The van der Waals surface area contributed by atoms with E-state index in [-0.39, 0.29) is 11.1 Å². The third kappa shape index (κ3) is 8.27. The van der Waals surface area contributed by atoms with E-state index in [0.29, 0.717) is 13.0 Å². The Labute approximate surface area is 137 Å². The zero-order valence-corrected chi connectivity index (χ0v) is 16.1. The first kappa shape index (κ1) is 20.8. The van der Waals surface area contributed by atoms with Gasteiger partial charge in [-0.1, -0.05) is 33.6 Å². The summed E-state index contributed by atoms with van der Waals surface area (Å²) in [5.74, 6) is 11.1. The molecule has 4 heteroatoms. The van der Waals surface area contributed by atoms with Crippen molar-refractivity contribution in [3.05, 3.63) is 0 Å². The van der Waals surface area contributed by atoms with Crippen LogP contribution in [0, 0.1) is 23.7 Å². The maximum Gasteiger partial charge on any atom is 0.384 e. The molecule has 0 aromatic rings. The Morgan fingerprint density at radius 1 is 1.18 bits per heavy atom. The Bertz CT molecular complexity index is 467. The van der Waals surface area contributed by atoms with Gasteiger partial charge in [-0.05, 0) is 31.5 Å². The van der Waals surface area contributed by atoms with Gasteiger partial charge in [0.1, 0.15) is 6.10 Å². The van der Waals surface area contributed by atoms with Crippen molar-refractivity contribution in [2.75, 3.05) is 6.61 Å². The number of carbonyl (C=O) groups excluding carboxylic acids is 1. The van der Waals surface area contributed by atoms with Crippen LogP contribution >= 0.6 is 0 Å². The van der Waals surface area contributed by atoms with Gasteiger partial charge >= 0.3 is 5.97 Å². The second kappa shape index (κ2) is 9.72. The van der Waals surface area contributed by atoms with Gasteiger partial charge in [-0.25, -0.2) is 4.79 Å². The zero-order chi connectivity index (χ0) is 17.2. The molecular formula is C18H30O3Si. The average molecular weight is 323 g/mol. The lowest BCUT2D eigenvalue weighted by molar-refractivity contribution is -0.136. The second-order valence-corrected chi connectivity index (χ2v) is 11.4. The Balaban J connectivity index is 4.97. The van der Waals surface area contributed by atoms with Crippen LogP contribution in [0.4, 0.5) is 0 Å². The maximum atomic E-state index is 11.4. The highest BCUT2D eigenvalue weighted by Crippen LogP contribution is 2.37. The molecule has 124 valence electrons. The van der Waals surface area contributed by atoms with E-state index in [1.807, 2.05) is 6.92 Å². The van der Waals surface area contributed by atoms with E-state index >= 15 is 0 Å². The fourth-order valence-corrected chi connectivity index (χ4v) is 2.66. The molecular weight excluding hydrogens is 292 g/mol. The van der Waals surface area contributed by atoms with E-state index in [2.05, 4.69) is 57.5 Å². The Hall–Kier alpha value is -1.23. The molecule has 0 radical (unpaired) electrons. The minimum atomic E-state index is -1.93. The lowest BCUT2D eigenvalue weighted by Gasteiger charge is -2.38. The molecule has 0 heterocycles. The Kier molecular flexibility index (Phi) is 9.17. The van der Waals surface area contributed by atoms with E-state index in [4.69, 9.17) is 9.16 Å². The summed E-state index contributed by atoms with van der Waals surface area (Å²) in [5, 5.41) is 0.103. The van der Waals surface area contributed by atoms with Crippen molar-refractivity contribution in [1.29, 1.82) is 0 Å². The van der Waals surface area contributed by atoms with Gasteiger partial charge in [0.05, 0.1) is 6.61 Å². The summed E-state index contributed by atoms with van der Waals surface area (Å²) < 4.78 is 11.1. The molecule has 0 spiro atoms. The SMILES string of the molecule is CCC#CCCC(C#CC(=O)OCC)O[Si](C)(C)C(C)(C)C. The minimum absolute atomic E-state index is 0.103. The smallest absolute Gasteiger partial charge is 0.384 e. The van der Waals surface area contributed by atoms with E-state index < -0.39 is 14.3 Å². The van der Waals surface area contributed by atoms with E-state index in [0.717, 1.165) is 12.8 Å². The largest absolute Gasteiger partial charge is 0.456 e. The number of hydrogen-bond acceptors (Lipinski definition) is 3. The van der Waals surface area contributed by atoms with Crippen molar-refractivity contribution in [2.24, 2.45) is 0 Å². The normalized spacial score (nSPS) is 12.5. The van der Waals surface area contributed by atoms with Crippen molar-refractivity contribution in [1.82, 2.24) is 0 Å². The highest BCUT2D eigenvalue weighted by Gasteiger charge is 2.38. The highest BCUT2D eigenvalue weighted by molar-refractivity contribution is 6.74. The van der Waals surface area contributed by atoms with E-state index in [1.165, 1.54) is 0 Å². The summed E-state index contributed by atoms with van der Waals surface area (Å²) >= 11 is 0. The Morgan fingerprint density at radius 3 is 2.32 bits per heavy atom. The molecule has 1 unspecified atom stereocenters. The topological polar surface area (TPSA) is 35.5 Å². The first-order valence-corrected chi connectivity index (χ1v) is 10.9. The van der Waals surface area contributed by atoms with Crippen molar-refractivity contribution in [2.45, 2.75) is 78.1 Å².